The Balaban J connectivity index is 3.22. The Morgan fingerprint density at radius 2 is 1.90 bits per heavy atom. The molecule has 0 aliphatic rings. The highest BCUT2D eigenvalue weighted by Gasteiger charge is 2.23. The molecule has 0 spiro atoms. The third-order valence-corrected chi connectivity index (χ3v) is 3.42. The molecule has 1 rings (SSSR count). The number of methoxy groups -OCH3 is 2. The first-order chi connectivity index (χ1) is 9.30. The molecule has 5 nitrogen and oxygen atoms in total. The van der Waals surface area contributed by atoms with E-state index in [-0.39, 0.29) is 0 Å². The van der Waals surface area contributed by atoms with E-state index < -0.39 is 20.4 Å². The van der Waals surface area contributed by atoms with E-state index in [4.69, 9.17) is 13.9 Å². The standard InChI is InChI=1S/C14H19NO4Si/c1-17-12-7-10(6-11(8-12)14(16)18-2)13(9-15)19-20(3,4)5/h6-8,13H,1-5H3. The van der Waals surface area contributed by atoms with Gasteiger partial charge in [0, 0.05) is 0 Å². The van der Waals surface area contributed by atoms with E-state index in [1.807, 2.05) is 19.6 Å². The molecule has 0 aromatic heterocycles. The minimum Gasteiger partial charge on any atom is -0.497 e. The average molecular weight is 293 g/mol. The molecule has 0 bridgehead atoms. The summed E-state index contributed by atoms with van der Waals surface area (Å²) < 4.78 is 15.7. The second-order valence-electron chi connectivity index (χ2n) is 5.23. The summed E-state index contributed by atoms with van der Waals surface area (Å²) >= 11 is 0. The lowest BCUT2D eigenvalue weighted by Crippen LogP contribution is -2.27. The number of carbonyl (C=O) groups excluding carboxylic acids is 1. The maximum atomic E-state index is 11.6. The van der Waals surface area contributed by atoms with Crippen molar-refractivity contribution in [2.45, 2.75) is 25.7 Å². The van der Waals surface area contributed by atoms with Crippen LogP contribution in [0.2, 0.25) is 19.6 Å². The van der Waals surface area contributed by atoms with Gasteiger partial charge in [-0.15, -0.1) is 0 Å². The smallest absolute Gasteiger partial charge is 0.337 e. The molecule has 1 unspecified atom stereocenters. The Morgan fingerprint density at radius 1 is 1.25 bits per heavy atom. The van der Waals surface area contributed by atoms with Gasteiger partial charge in [0.2, 0.25) is 0 Å². The molecule has 108 valence electrons. The quantitative estimate of drug-likeness (QED) is 0.616. The fourth-order valence-electron chi connectivity index (χ4n) is 1.65. The second-order valence-corrected chi connectivity index (χ2v) is 9.69. The summed E-state index contributed by atoms with van der Waals surface area (Å²) in [4.78, 5) is 11.6. The Bertz CT molecular complexity index is 531. The van der Waals surface area contributed by atoms with Crippen molar-refractivity contribution in [3.8, 4) is 11.8 Å². The lowest BCUT2D eigenvalue weighted by atomic mass is 10.1. The first kappa shape index (κ1) is 16.2. The molecule has 0 fully saturated rings. The van der Waals surface area contributed by atoms with Crippen LogP contribution in [0.5, 0.6) is 5.75 Å². The summed E-state index contributed by atoms with van der Waals surface area (Å²) in [5, 5.41) is 9.28. The van der Waals surface area contributed by atoms with Gasteiger partial charge in [-0.1, -0.05) is 0 Å². The molecule has 0 aliphatic carbocycles. The molecule has 0 N–H and O–H groups in total. The molecule has 0 aliphatic heterocycles. The van der Waals surface area contributed by atoms with Gasteiger partial charge in [0.25, 0.3) is 0 Å². The Kier molecular flexibility index (Phi) is 5.31. The average Bonchev–Trinajstić information content (AvgIpc) is 2.42. The van der Waals surface area contributed by atoms with Crippen molar-refractivity contribution in [2.75, 3.05) is 14.2 Å². The number of esters is 1. The van der Waals surface area contributed by atoms with Crippen LogP contribution in [0.4, 0.5) is 0 Å². The van der Waals surface area contributed by atoms with Crippen LogP contribution in [0, 0.1) is 11.3 Å². The molecular formula is C14H19NO4Si. The van der Waals surface area contributed by atoms with Crippen molar-refractivity contribution < 1.29 is 18.7 Å². The fourth-order valence-corrected chi connectivity index (χ4v) is 2.55. The van der Waals surface area contributed by atoms with Crippen LogP contribution in [0.1, 0.15) is 22.0 Å². The van der Waals surface area contributed by atoms with Crippen molar-refractivity contribution in [2.24, 2.45) is 0 Å². The van der Waals surface area contributed by atoms with Crippen molar-refractivity contribution in [1.82, 2.24) is 0 Å². The molecule has 0 heterocycles. The molecular weight excluding hydrogens is 274 g/mol. The fraction of sp³-hybridized carbons (Fsp3) is 0.429. The summed E-state index contributed by atoms with van der Waals surface area (Å²) in [7, 11) is 0.924. The summed E-state index contributed by atoms with van der Waals surface area (Å²) in [5.74, 6) is 0.0113. The molecule has 20 heavy (non-hydrogen) atoms. The highest BCUT2D eigenvalue weighted by molar-refractivity contribution is 6.69. The van der Waals surface area contributed by atoms with E-state index in [0.29, 0.717) is 16.9 Å². The minimum atomic E-state index is -1.88. The predicted octanol–water partition coefficient (Wildman–Crippen LogP) is 2.90. The van der Waals surface area contributed by atoms with Crippen LogP contribution in [0.25, 0.3) is 0 Å². The number of hydrogen-bond donors (Lipinski definition) is 0. The van der Waals surface area contributed by atoms with Gasteiger partial charge in [-0.25, -0.2) is 4.79 Å². The van der Waals surface area contributed by atoms with Gasteiger partial charge >= 0.3 is 5.97 Å². The third kappa shape index (κ3) is 4.37. The first-order valence-electron chi connectivity index (χ1n) is 6.15. The lowest BCUT2D eigenvalue weighted by molar-refractivity contribution is 0.0600. The first-order valence-corrected chi connectivity index (χ1v) is 9.56. The number of rotatable bonds is 5. The van der Waals surface area contributed by atoms with Gasteiger partial charge < -0.3 is 13.9 Å². The highest BCUT2D eigenvalue weighted by atomic mass is 28.4. The van der Waals surface area contributed by atoms with Crippen LogP contribution in [-0.2, 0) is 9.16 Å². The van der Waals surface area contributed by atoms with Crippen molar-refractivity contribution in [1.29, 1.82) is 5.26 Å². The molecule has 1 aromatic carbocycles. The zero-order valence-corrected chi connectivity index (χ0v) is 13.4. The predicted molar refractivity (Wildman–Crippen MR) is 77.1 cm³/mol. The van der Waals surface area contributed by atoms with Crippen LogP contribution < -0.4 is 4.74 Å². The maximum absolute atomic E-state index is 11.6. The summed E-state index contributed by atoms with van der Waals surface area (Å²) in [6.07, 6.45) is -0.722. The number of nitriles is 1. The number of carbonyl (C=O) groups is 1. The van der Waals surface area contributed by atoms with E-state index in [2.05, 4.69) is 6.07 Å². The third-order valence-electron chi connectivity index (χ3n) is 2.48. The monoisotopic (exact) mass is 293 g/mol. The molecule has 0 saturated carbocycles. The van der Waals surface area contributed by atoms with Gasteiger partial charge in [0.15, 0.2) is 14.4 Å². The van der Waals surface area contributed by atoms with Gasteiger partial charge in [-0.2, -0.15) is 5.26 Å². The highest BCUT2D eigenvalue weighted by Crippen LogP contribution is 2.27. The van der Waals surface area contributed by atoms with Crippen LogP contribution in [0.15, 0.2) is 18.2 Å². The molecule has 0 radical (unpaired) electrons. The zero-order chi connectivity index (χ0) is 15.3. The van der Waals surface area contributed by atoms with E-state index in [0.717, 1.165) is 0 Å². The Hall–Kier alpha value is -1.84. The Morgan fingerprint density at radius 3 is 2.35 bits per heavy atom. The molecule has 1 atom stereocenters. The van der Waals surface area contributed by atoms with E-state index in [9.17, 15) is 10.1 Å². The Labute approximate surface area is 120 Å². The normalized spacial score (nSPS) is 12.4. The minimum absolute atomic E-state index is 0.335. The SMILES string of the molecule is COC(=O)c1cc(OC)cc(C(C#N)O[Si](C)(C)C)c1. The summed E-state index contributed by atoms with van der Waals surface area (Å²) in [6, 6.07) is 6.98. The van der Waals surface area contributed by atoms with Crippen molar-refractivity contribution in [3.05, 3.63) is 29.3 Å². The number of benzene rings is 1. The zero-order valence-electron chi connectivity index (χ0n) is 12.4. The van der Waals surface area contributed by atoms with Crippen molar-refractivity contribution >= 4 is 14.3 Å². The summed E-state index contributed by atoms with van der Waals surface area (Å²) in [6.45, 7) is 6.00. The number of hydrogen-bond acceptors (Lipinski definition) is 5. The van der Waals surface area contributed by atoms with Gasteiger partial charge in [0.05, 0.1) is 25.9 Å². The van der Waals surface area contributed by atoms with Crippen LogP contribution in [-0.4, -0.2) is 28.5 Å². The second kappa shape index (κ2) is 6.55. The van der Waals surface area contributed by atoms with Crippen molar-refractivity contribution in [3.63, 3.8) is 0 Å². The molecule has 6 heteroatoms. The van der Waals surface area contributed by atoms with Gasteiger partial charge in [0.1, 0.15) is 5.75 Å². The summed E-state index contributed by atoms with van der Waals surface area (Å²) in [5.41, 5.74) is 0.927. The molecule has 0 saturated heterocycles. The van der Waals surface area contributed by atoms with Gasteiger partial charge in [-0.3, -0.25) is 0 Å². The van der Waals surface area contributed by atoms with E-state index in [1.165, 1.54) is 14.2 Å². The van der Waals surface area contributed by atoms with Crippen LogP contribution >= 0.6 is 0 Å². The molecule has 1 aromatic rings. The van der Waals surface area contributed by atoms with E-state index >= 15 is 0 Å². The topological polar surface area (TPSA) is 68.5 Å². The largest absolute Gasteiger partial charge is 0.497 e. The molecule has 0 amide bonds. The van der Waals surface area contributed by atoms with Gasteiger partial charge in [-0.05, 0) is 43.4 Å². The van der Waals surface area contributed by atoms with E-state index in [1.54, 1.807) is 18.2 Å². The maximum Gasteiger partial charge on any atom is 0.337 e. The lowest BCUT2D eigenvalue weighted by Gasteiger charge is -2.22. The number of ether oxygens (including phenoxy) is 2. The van der Waals surface area contributed by atoms with Crippen LogP contribution in [0.3, 0.4) is 0 Å². The number of nitrogens with zero attached hydrogens (tertiary/aromatic N) is 1.